The second-order valence-electron chi connectivity index (χ2n) is 7.95. The molecular weight excluding hydrogens is 344 g/mol. The number of aromatic hydroxyl groups is 1. The number of rotatable bonds is 3. The number of benzene rings is 1. The SMILES string of the molecule is Cc1nc2sc([C@@H](c3ccccc3C)[NH+]3C[C@@H](C)C[C@H](C)C3)c(O)n2n1. The summed E-state index contributed by atoms with van der Waals surface area (Å²) in [5.74, 6) is 2.31. The van der Waals surface area contributed by atoms with Crippen molar-refractivity contribution in [1.29, 1.82) is 0 Å². The van der Waals surface area contributed by atoms with Gasteiger partial charge in [0.25, 0.3) is 0 Å². The minimum absolute atomic E-state index is 0.121. The summed E-state index contributed by atoms with van der Waals surface area (Å²) >= 11 is 1.57. The fraction of sp³-hybridized carbons (Fsp3) is 0.500. The van der Waals surface area contributed by atoms with Crippen LogP contribution >= 0.6 is 11.3 Å². The average molecular weight is 372 g/mol. The van der Waals surface area contributed by atoms with Gasteiger partial charge in [-0.3, -0.25) is 0 Å². The molecular formula is C20H27N4OS+. The first-order valence-electron chi connectivity index (χ1n) is 9.39. The fourth-order valence-corrected chi connectivity index (χ4v) is 5.74. The highest BCUT2D eigenvalue weighted by Gasteiger charge is 2.37. The molecule has 6 heteroatoms. The van der Waals surface area contributed by atoms with E-state index in [9.17, 15) is 5.11 Å². The number of thiazole rings is 1. The van der Waals surface area contributed by atoms with Crippen molar-refractivity contribution in [2.24, 2.45) is 11.8 Å². The Morgan fingerprint density at radius 3 is 2.54 bits per heavy atom. The molecule has 1 fully saturated rings. The van der Waals surface area contributed by atoms with Gasteiger partial charge in [0, 0.05) is 17.4 Å². The molecule has 3 aromatic rings. The van der Waals surface area contributed by atoms with Crippen LogP contribution in [0.15, 0.2) is 24.3 Å². The van der Waals surface area contributed by atoms with Gasteiger partial charge in [-0.15, -0.1) is 5.10 Å². The lowest BCUT2D eigenvalue weighted by Gasteiger charge is -2.37. The number of piperidine rings is 1. The van der Waals surface area contributed by atoms with Crippen LogP contribution in [0.5, 0.6) is 5.88 Å². The van der Waals surface area contributed by atoms with E-state index in [2.05, 4.69) is 55.1 Å². The number of hydrogen-bond acceptors (Lipinski definition) is 4. The van der Waals surface area contributed by atoms with Gasteiger partial charge in [0.2, 0.25) is 10.8 Å². The number of quaternary nitrogens is 1. The standard InChI is InChI=1S/C20H26N4OS/c1-12-9-13(2)11-23(10-12)17(16-8-6-5-7-14(16)3)18-19(25)24-20(26-18)21-15(4)22-24/h5-8,12-13,17,25H,9-11H2,1-4H3/p+1/t12-,13-,17+/m0/s1. The number of nitrogens with one attached hydrogen (secondary N) is 1. The second kappa shape index (κ2) is 6.67. The molecule has 2 aromatic heterocycles. The molecule has 2 N–H and O–H groups in total. The Bertz CT molecular complexity index is 921. The van der Waals surface area contributed by atoms with Gasteiger partial charge in [-0.05, 0) is 25.8 Å². The van der Waals surface area contributed by atoms with E-state index in [0.29, 0.717) is 17.7 Å². The van der Waals surface area contributed by atoms with E-state index in [0.717, 1.165) is 22.9 Å². The molecule has 4 rings (SSSR count). The van der Waals surface area contributed by atoms with Crippen molar-refractivity contribution in [1.82, 2.24) is 14.6 Å². The van der Waals surface area contributed by atoms with Crippen LogP contribution in [0.1, 0.15) is 48.1 Å². The monoisotopic (exact) mass is 371 g/mol. The quantitative estimate of drug-likeness (QED) is 0.744. The van der Waals surface area contributed by atoms with Crippen LogP contribution in [-0.4, -0.2) is 32.8 Å². The Morgan fingerprint density at radius 1 is 1.19 bits per heavy atom. The van der Waals surface area contributed by atoms with Gasteiger partial charge in [0.15, 0.2) is 6.04 Å². The van der Waals surface area contributed by atoms with Crippen molar-refractivity contribution in [3.63, 3.8) is 0 Å². The third-order valence-electron chi connectivity index (χ3n) is 5.50. The van der Waals surface area contributed by atoms with Crippen molar-refractivity contribution in [2.75, 3.05) is 13.1 Å². The van der Waals surface area contributed by atoms with Crippen LogP contribution in [0.25, 0.3) is 4.96 Å². The van der Waals surface area contributed by atoms with Crippen LogP contribution in [-0.2, 0) is 0 Å². The predicted molar refractivity (Wildman–Crippen MR) is 104 cm³/mol. The van der Waals surface area contributed by atoms with Crippen molar-refractivity contribution < 1.29 is 10.0 Å². The lowest BCUT2D eigenvalue weighted by Crippen LogP contribution is -3.14. The van der Waals surface area contributed by atoms with Crippen LogP contribution in [0.2, 0.25) is 0 Å². The first kappa shape index (κ1) is 17.5. The Hall–Kier alpha value is -1.92. The van der Waals surface area contributed by atoms with E-state index in [-0.39, 0.29) is 11.9 Å². The maximum Gasteiger partial charge on any atom is 0.235 e. The minimum atomic E-state index is 0.121. The lowest BCUT2D eigenvalue weighted by molar-refractivity contribution is -0.936. The highest BCUT2D eigenvalue weighted by atomic mass is 32.1. The predicted octanol–water partition coefficient (Wildman–Crippen LogP) is 2.76. The van der Waals surface area contributed by atoms with Crippen LogP contribution < -0.4 is 4.90 Å². The number of aromatic nitrogens is 3. The van der Waals surface area contributed by atoms with E-state index < -0.39 is 0 Å². The van der Waals surface area contributed by atoms with Gasteiger partial charge >= 0.3 is 0 Å². The van der Waals surface area contributed by atoms with Crippen molar-refractivity contribution in [3.05, 3.63) is 46.1 Å². The molecule has 5 nitrogen and oxygen atoms in total. The molecule has 1 aromatic carbocycles. The van der Waals surface area contributed by atoms with Gasteiger partial charge in [-0.1, -0.05) is 49.4 Å². The highest BCUT2D eigenvalue weighted by Crippen LogP contribution is 2.36. The van der Waals surface area contributed by atoms with Gasteiger partial charge in [-0.2, -0.15) is 4.52 Å². The molecule has 0 amide bonds. The average Bonchev–Trinajstić information content (AvgIpc) is 3.07. The zero-order valence-electron chi connectivity index (χ0n) is 15.9. The van der Waals surface area contributed by atoms with E-state index in [1.165, 1.54) is 22.4 Å². The van der Waals surface area contributed by atoms with Crippen molar-refractivity contribution in [2.45, 2.75) is 40.2 Å². The van der Waals surface area contributed by atoms with Crippen LogP contribution in [0.3, 0.4) is 0 Å². The number of nitrogens with zero attached hydrogens (tertiary/aromatic N) is 3. The van der Waals surface area contributed by atoms with Crippen LogP contribution in [0.4, 0.5) is 0 Å². The summed E-state index contributed by atoms with van der Waals surface area (Å²) in [6.45, 7) is 11.0. The zero-order chi connectivity index (χ0) is 18.4. The molecule has 0 unspecified atom stereocenters. The number of aryl methyl sites for hydroxylation is 2. The lowest BCUT2D eigenvalue weighted by atomic mass is 9.88. The van der Waals surface area contributed by atoms with E-state index >= 15 is 0 Å². The molecule has 1 aliphatic rings. The molecule has 0 radical (unpaired) electrons. The van der Waals surface area contributed by atoms with Gasteiger partial charge < -0.3 is 10.0 Å². The Balaban J connectivity index is 1.85. The Labute approximate surface area is 158 Å². The largest absolute Gasteiger partial charge is 0.492 e. The fourth-order valence-electron chi connectivity index (χ4n) is 4.56. The number of hydrogen-bond donors (Lipinski definition) is 2. The van der Waals surface area contributed by atoms with E-state index in [4.69, 9.17) is 0 Å². The number of likely N-dealkylation sites (tertiary alicyclic amines) is 1. The summed E-state index contributed by atoms with van der Waals surface area (Å²) in [4.78, 5) is 7.75. The molecule has 26 heavy (non-hydrogen) atoms. The summed E-state index contributed by atoms with van der Waals surface area (Å²) in [7, 11) is 0. The maximum absolute atomic E-state index is 10.9. The smallest absolute Gasteiger partial charge is 0.235 e. The third-order valence-corrected chi connectivity index (χ3v) is 6.59. The molecule has 0 bridgehead atoms. The number of fused-ring (bicyclic) bond motifs is 1. The van der Waals surface area contributed by atoms with E-state index in [1.807, 2.05) is 6.92 Å². The summed E-state index contributed by atoms with van der Waals surface area (Å²) in [5, 5.41) is 15.3. The summed E-state index contributed by atoms with van der Waals surface area (Å²) in [6, 6.07) is 8.67. The molecule has 0 saturated carbocycles. The summed E-state index contributed by atoms with van der Waals surface area (Å²) < 4.78 is 1.59. The van der Waals surface area contributed by atoms with Crippen molar-refractivity contribution >= 4 is 16.3 Å². The minimum Gasteiger partial charge on any atom is -0.492 e. The molecule has 0 spiro atoms. The molecule has 0 aliphatic carbocycles. The third kappa shape index (κ3) is 3.01. The van der Waals surface area contributed by atoms with Gasteiger partial charge in [0.1, 0.15) is 10.7 Å². The Morgan fingerprint density at radius 2 is 1.88 bits per heavy atom. The topological polar surface area (TPSA) is 54.9 Å². The van der Waals surface area contributed by atoms with Crippen LogP contribution in [0, 0.1) is 25.7 Å². The first-order valence-corrected chi connectivity index (χ1v) is 10.2. The maximum atomic E-state index is 10.9. The molecule has 3 heterocycles. The Kier molecular flexibility index (Phi) is 4.49. The summed E-state index contributed by atoms with van der Waals surface area (Å²) in [6.07, 6.45) is 1.28. The molecule has 1 aliphatic heterocycles. The zero-order valence-corrected chi connectivity index (χ0v) is 16.7. The summed E-state index contributed by atoms with van der Waals surface area (Å²) in [5.41, 5.74) is 2.56. The molecule has 3 atom stereocenters. The van der Waals surface area contributed by atoms with Gasteiger partial charge in [-0.25, -0.2) is 4.98 Å². The first-order chi connectivity index (χ1) is 12.4. The molecule has 1 saturated heterocycles. The molecule has 138 valence electrons. The normalized spacial score (nSPS) is 24.8. The van der Waals surface area contributed by atoms with E-state index in [1.54, 1.807) is 15.9 Å². The highest BCUT2D eigenvalue weighted by molar-refractivity contribution is 7.17. The second-order valence-corrected chi connectivity index (χ2v) is 8.95. The van der Waals surface area contributed by atoms with Gasteiger partial charge in [0.05, 0.1) is 13.1 Å². The van der Waals surface area contributed by atoms with Crippen molar-refractivity contribution in [3.8, 4) is 5.88 Å².